The lowest BCUT2D eigenvalue weighted by atomic mass is 9.79. The molecule has 1 atom stereocenters. The third kappa shape index (κ3) is 3.48. The van der Waals surface area contributed by atoms with E-state index in [2.05, 4.69) is 5.32 Å². The van der Waals surface area contributed by atoms with Gasteiger partial charge in [-0.25, -0.2) is 0 Å². The average Bonchev–Trinajstić information content (AvgIpc) is 2.17. The molecule has 0 unspecified atom stereocenters. The van der Waals surface area contributed by atoms with Gasteiger partial charge in [-0.15, -0.1) is 0 Å². The fourth-order valence-corrected chi connectivity index (χ4v) is 1.89. The van der Waals surface area contributed by atoms with Crippen molar-refractivity contribution < 1.29 is 19.8 Å². The number of rotatable bonds is 3. The highest BCUT2D eigenvalue weighted by atomic mass is 16.4. The predicted octanol–water partition coefficient (Wildman–Crippen LogP) is 0.517. The highest BCUT2D eigenvalue weighted by Crippen LogP contribution is 2.31. The number of hydrogen-bond acceptors (Lipinski definition) is 3. The number of amides is 1. The fourth-order valence-electron chi connectivity index (χ4n) is 1.89. The van der Waals surface area contributed by atoms with E-state index < -0.39 is 17.6 Å². The zero-order valence-corrected chi connectivity index (χ0v) is 9.69. The van der Waals surface area contributed by atoms with Crippen LogP contribution in [0.4, 0.5) is 0 Å². The number of nitrogens with one attached hydrogen (secondary N) is 1. The van der Waals surface area contributed by atoms with E-state index in [1.54, 1.807) is 6.92 Å². The van der Waals surface area contributed by atoms with Gasteiger partial charge in [-0.05, 0) is 39.5 Å². The van der Waals surface area contributed by atoms with Crippen molar-refractivity contribution in [2.75, 3.05) is 0 Å². The molecular formula is C11H19NO4. The van der Waals surface area contributed by atoms with Crippen molar-refractivity contribution >= 4 is 11.9 Å². The molecule has 1 aliphatic rings. The summed E-state index contributed by atoms with van der Waals surface area (Å²) >= 11 is 0. The van der Waals surface area contributed by atoms with Crippen molar-refractivity contribution in [3.8, 4) is 0 Å². The topological polar surface area (TPSA) is 86.6 Å². The van der Waals surface area contributed by atoms with Gasteiger partial charge in [0.2, 0.25) is 5.91 Å². The summed E-state index contributed by atoms with van der Waals surface area (Å²) in [5.74, 6) is -1.41. The number of carboxylic acid groups (broad SMARTS) is 1. The molecule has 3 N–H and O–H groups in total. The molecule has 0 saturated heterocycles. The number of carbonyl (C=O) groups is 2. The summed E-state index contributed by atoms with van der Waals surface area (Å²) in [6.45, 7) is 3.21. The lowest BCUT2D eigenvalue weighted by Crippen LogP contribution is -2.44. The van der Waals surface area contributed by atoms with Crippen molar-refractivity contribution in [3.05, 3.63) is 0 Å². The highest BCUT2D eigenvalue weighted by molar-refractivity contribution is 5.84. The van der Waals surface area contributed by atoms with Crippen LogP contribution in [0, 0.1) is 5.92 Å². The maximum Gasteiger partial charge on any atom is 0.325 e. The molecule has 1 saturated carbocycles. The minimum atomic E-state index is -1.03. The van der Waals surface area contributed by atoms with Crippen LogP contribution in [0.5, 0.6) is 0 Å². The van der Waals surface area contributed by atoms with E-state index in [1.807, 2.05) is 0 Å². The number of hydrogen-bond donors (Lipinski definition) is 3. The van der Waals surface area contributed by atoms with Crippen LogP contribution < -0.4 is 5.32 Å². The maximum absolute atomic E-state index is 11.7. The van der Waals surface area contributed by atoms with Gasteiger partial charge in [0.25, 0.3) is 0 Å². The van der Waals surface area contributed by atoms with Gasteiger partial charge in [0.1, 0.15) is 6.04 Å². The van der Waals surface area contributed by atoms with Gasteiger partial charge in [-0.2, -0.15) is 0 Å². The van der Waals surface area contributed by atoms with Crippen LogP contribution in [0.25, 0.3) is 0 Å². The van der Waals surface area contributed by atoms with Crippen LogP contribution in [-0.4, -0.2) is 33.7 Å². The van der Waals surface area contributed by atoms with Crippen molar-refractivity contribution in [2.45, 2.75) is 51.2 Å². The van der Waals surface area contributed by atoms with E-state index in [0.717, 1.165) is 0 Å². The number of carbonyl (C=O) groups excluding carboxylic acids is 1. The Labute approximate surface area is 94.8 Å². The van der Waals surface area contributed by atoms with E-state index in [9.17, 15) is 14.7 Å². The van der Waals surface area contributed by atoms with E-state index in [4.69, 9.17) is 5.11 Å². The van der Waals surface area contributed by atoms with E-state index >= 15 is 0 Å². The third-order valence-electron chi connectivity index (χ3n) is 3.16. The molecule has 0 heterocycles. The van der Waals surface area contributed by atoms with Gasteiger partial charge in [0, 0.05) is 5.92 Å². The first-order valence-corrected chi connectivity index (χ1v) is 5.57. The van der Waals surface area contributed by atoms with Crippen LogP contribution >= 0.6 is 0 Å². The first-order valence-electron chi connectivity index (χ1n) is 5.57. The normalized spacial score (nSPS) is 31.8. The Morgan fingerprint density at radius 1 is 1.38 bits per heavy atom. The molecule has 1 amide bonds. The summed E-state index contributed by atoms with van der Waals surface area (Å²) in [5, 5.41) is 20.8. The molecule has 0 radical (unpaired) electrons. The number of carboxylic acids is 1. The summed E-state index contributed by atoms with van der Waals surface area (Å²) in [6.07, 6.45) is 2.41. The molecule has 0 aromatic heterocycles. The molecule has 1 aliphatic carbocycles. The smallest absolute Gasteiger partial charge is 0.325 e. The number of aliphatic carboxylic acids is 1. The zero-order chi connectivity index (χ0) is 12.3. The molecule has 0 spiro atoms. The Kier molecular flexibility index (Phi) is 3.91. The van der Waals surface area contributed by atoms with Gasteiger partial charge in [-0.3, -0.25) is 9.59 Å². The molecule has 5 heteroatoms. The Hall–Kier alpha value is -1.10. The summed E-state index contributed by atoms with van der Waals surface area (Å²) in [7, 11) is 0. The molecule has 0 aromatic carbocycles. The van der Waals surface area contributed by atoms with E-state index in [1.165, 1.54) is 6.92 Å². The molecule has 16 heavy (non-hydrogen) atoms. The minimum absolute atomic E-state index is 0.165. The number of aliphatic hydroxyl groups is 1. The van der Waals surface area contributed by atoms with Gasteiger partial charge in [0.15, 0.2) is 0 Å². The minimum Gasteiger partial charge on any atom is -0.480 e. The molecule has 1 fully saturated rings. The quantitative estimate of drug-likeness (QED) is 0.658. The van der Waals surface area contributed by atoms with Crippen LogP contribution in [0.3, 0.4) is 0 Å². The van der Waals surface area contributed by atoms with E-state index in [-0.39, 0.29) is 11.8 Å². The Balaban J connectivity index is 2.42. The van der Waals surface area contributed by atoms with Gasteiger partial charge >= 0.3 is 5.97 Å². The van der Waals surface area contributed by atoms with Crippen molar-refractivity contribution in [2.24, 2.45) is 5.92 Å². The molecule has 92 valence electrons. The maximum atomic E-state index is 11.7. The largest absolute Gasteiger partial charge is 0.480 e. The predicted molar refractivity (Wildman–Crippen MR) is 57.8 cm³/mol. The molecular weight excluding hydrogens is 210 g/mol. The fraction of sp³-hybridized carbons (Fsp3) is 0.818. The summed E-state index contributed by atoms with van der Waals surface area (Å²) in [5.41, 5.74) is -0.671. The lowest BCUT2D eigenvalue weighted by molar-refractivity contribution is -0.142. The van der Waals surface area contributed by atoms with Crippen LogP contribution in [-0.2, 0) is 9.59 Å². The van der Waals surface area contributed by atoms with Gasteiger partial charge < -0.3 is 15.5 Å². The SMILES string of the molecule is C[C@@H](NC(=O)C1CCC(C)(O)CC1)C(=O)O. The monoisotopic (exact) mass is 229 g/mol. The molecule has 1 rings (SSSR count). The Morgan fingerprint density at radius 3 is 2.31 bits per heavy atom. The second-order valence-electron chi connectivity index (χ2n) is 4.84. The third-order valence-corrected chi connectivity index (χ3v) is 3.16. The first-order chi connectivity index (χ1) is 7.32. The second kappa shape index (κ2) is 4.82. The average molecular weight is 229 g/mol. The first kappa shape index (κ1) is 13.0. The summed E-state index contributed by atoms with van der Waals surface area (Å²) < 4.78 is 0. The van der Waals surface area contributed by atoms with Crippen molar-refractivity contribution in [1.82, 2.24) is 5.32 Å². The van der Waals surface area contributed by atoms with Crippen molar-refractivity contribution in [3.63, 3.8) is 0 Å². The molecule has 0 aliphatic heterocycles. The standard InChI is InChI=1S/C11H19NO4/c1-7(10(14)15)12-9(13)8-3-5-11(2,16)6-4-8/h7-8,16H,3-6H2,1-2H3,(H,12,13)(H,14,15)/t7-,8?,11?/m1/s1. The zero-order valence-electron chi connectivity index (χ0n) is 9.69. The second-order valence-corrected chi connectivity index (χ2v) is 4.84. The van der Waals surface area contributed by atoms with Crippen LogP contribution in [0.1, 0.15) is 39.5 Å². The molecule has 5 nitrogen and oxygen atoms in total. The van der Waals surface area contributed by atoms with Crippen LogP contribution in [0.15, 0.2) is 0 Å². The van der Waals surface area contributed by atoms with Crippen LogP contribution in [0.2, 0.25) is 0 Å². The Bertz CT molecular complexity index is 278. The lowest BCUT2D eigenvalue weighted by Gasteiger charge is -2.32. The summed E-state index contributed by atoms with van der Waals surface area (Å²) in [6, 6.07) is -0.852. The van der Waals surface area contributed by atoms with Gasteiger partial charge in [0.05, 0.1) is 5.60 Å². The molecule has 0 aromatic rings. The van der Waals surface area contributed by atoms with Gasteiger partial charge in [-0.1, -0.05) is 0 Å². The van der Waals surface area contributed by atoms with Crippen molar-refractivity contribution in [1.29, 1.82) is 0 Å². The highest BCUT2D eigenvalue weighted by Gasteiger charge is 2.32. The molecule has 0 bridgehead atoms. The van der Waals surface area contributed by atoms with E-state index in [0.29, 0.717) is 25.7 Å². The summed E-state index contributed by atoms with van der Waals surface area (Å²) in [4.78, 5) is 22.2. The Morgan fingerprint density at radius 2 is 1.88 bits per heavy atom.